The number of hydrogen-bond acceptors (Lipinski definition) is 3. The normalized spacial score (nSPS) is 12.4. The molecule has 60 valence electrons. The second kappa shape index (κ2) is 5.23. The zero-order valence-corrected chi connectivity index (χ0v) is 6.79. The van der Waals surface area contributed by atoms with Gasteiger partial charge in [-0.05, 0) is 20.3 Å². The van der Waals surface area contributed by atoms with Gasteiger partial charge in [0, 0.05) is 0 Å². The number of rotatable bonds is 4. The van der Waals surface area contributed by atoms with Crippen molar-refractivity contribution in [3.8, 4) is 0 Å². The summed E-state index contributed by atoms with van der Waals surface area (Å²) in [5.41, 5.74) is 0.868. The van der Waals surface area contributed by atoms with Gasteiger partial charge in [0.05, 0.1) is 12.3 Å². The van der Waals surface area contributed by atoms with Crippen LogP contribution in [0.1, 0.15) is 27.2 Å². The number of aliphatic hydroxyl groups excluding tert-OH is 1. The van der Waals surface area contributed by atoms with Gasteiger partial charge in [0.25, 0.3) is 0 Å². The summed E-state index contributed by atoms with van der Waals surface area (Å²) in [7, 11) is 0. The van der Waals surface area contributed by atoms with Gasteiger partial charge in [-0.3, -0.25) is 0 Å². The maximum absolute atomic E-state index is 8.64. The first kappa shape index (κ1) is 9.43. The summed E-state index contributed by atoms with van der Waals surface area (Å²) in [4.78, 5) is 4.94. The summed E-state index contributed by atoms with van der Waals surface area (Å²) < 4.78 is 0. The van der Waals surface area contributed by atoms with Gasteiger partial charge in [-0.1, -0.05) is 12.1 Å². The number of hydrogen-bond donors (Lipinski definition) is 1. The molecule has 3 nitrogen and oxygen atoms in total. The third-order valence-electron chi connectivity index (χ3n) is 1.04. The first-order valence-corrected chi connectivity index (χ1v) is 3.48. The molecule has 0 aromatic rings. The van der Waals surface area contributed by atoms with E-state index in [2.05, 4.69) is 5.16 Å². The third-order valence-corrected chi connectivity index (χ3v) is 1.04. The molecule has 1 atom stereocenters. The van der Waals surface area contributed by atoms with Gasteiger partial charge in [-0.25, -0.2) is 0 Å². The molecule has 0 aliphatic carbocycles. The van der Waals surface area contributed by atoms with Gasteiger partial charge < -0.3 is 9.94 Å². The largest absolute Gasteiger partial charge is 0.392 e. The van der Waals surface area contributed by atoms with Crippen molar-refractivity contribution in [2.75, 3.05) is 6.61 Å². The maximum atomic E-state index is 8.64. The van der Waals surface area contributed by atoms with Crippen molar-refractivity contribution in [1.82, 2.24) is 0 Å². The Hall–Kier alpha value is -0.570. The molecule has 0 aliphatic heterocycles. The highest BCUT2D eigenvalue weighted by atomic mass is 16.6. The van der Waals surface area contributed by atoms with E-state index in [0.717, 1.165) is 12.1 Å². The van der Waals surface area contributed by atoms with Crippen molar-refractivity contribution in [3.05, 3.63) is 0 Å². The van der Waals surface area contributed by atoms with E-state index in [1.54, 1.807) is 0 Å². The number of oxime groups is 1. The maximum Gasteiger partial charge on any atom is 0.150 e. The molecule has 0 bridgehead atoms. The minimum atomic E-state index is -0.144. The van der Waals surface area contributed by atoms with Crippen LogP contribution in [-0.2, 0) is 4.84 Å². The predicted molar refractivity (Wildman–Crippen MR) is 41.0 cm³/mol. The smallest absolute Gasteiger partial charge is 0.150 e. The molecular weight excluding hydrogens is 130 g/mol. The van der Waals surface area contributed by atoms with E-state index >= 15 is 0 Å². The Bertz CT molecular complexity index is 104. The Labute approximate surface area is 61.7 Å². The van der Waals surface area contributed by atoms with Crippen LogP contribution in [0.25, 0.3) is 0 Å². The second-order valence-corrected chi connectivity index (χ2v) is 2.36. The van der Waals surface area contributed by atoms with E-state index in [0.29, 0.717) is 0 Å². The minimum Gasteiger partial charge on any atom is -0.392 e. The summed E-state index contributed by atoms with van der Waals surface area (Å²) in [6.07, 6.45) is 0.641. The van der Waals surface area contributed by atoms with E-state index in [1.165, 1.54) is 0 Å². The van der Waals surface area contributed by atoms with Crippen molar-refractivity contribution < 1.29 is 9.94 Å². The molecule has 0 aromatic heterocycles. The average molecular weight is 145 g/mol. The van der Waals surface area contributed by atoms with Crippen molar-refractivity contribution in [2.24, 2.45) is 5.16 Å². The molecule has 0 saturated heterocycles. The first-order valence-electron chi connectivity index (χ1n) is 3.48. The Kier molecular flexibility index (Phi) is 4.94. The van der Waals surface area contributed by atoms with Crippen molar-refractivity contribution in [1.29, 1.82) is 0 Å². The van der Waals surface area contributed by atoms with Gasteiger partial charge in [0.2, 0.25) is 0 Å². The quantitative estimate of drug-likeness (QED) is 0.476. The average Bonchev–Trinajstić information content (AvgIpc) is 1.90. The summed E-state index contributed by atoms with van der Waals surface area (Å²) in [6, 6.07) is 0. The van der Waals surface area contributed by atoms with E-state index in [-0.39, 0.29) is 12.7 Å². The summed E-state index contributed by atoms with van der Waals surface area (Å²) in [6.45, 7) is 5.68. The fourth-order valence-corrected chi connectivity index (χ4v) is 0.417. The molecule has 10 heavy (non-hydrogen) atoms. The van der Waals surface area contributed by atoms with Gasteiger partial charge in [-0.15, -0.1) is 0 Å². The van der Waals surface area contributed by atoms with Crippen LogP contribution in [-0.4, -0.2) is 23.5 Å². The molecule has 3 heteroatoms. The topological polar surface area (TPSA) is 41.8 Å². The summed E-state index contributed by atoms with van der Waals surface area (Å²) >= 11 is 0. The standard InChI is InChI=1S/C7H15NO2/c1-4-7(5-9)10-8-6(2)3/h7,9H,4-5H2,1-3H3. The molecule has 0 amide bonds. The molecular formula is C7H15NO2. The molecule has 0 aromatic carbocycles. The van der Waals surface area contributed by atoms with Gasteiger partial charge >= 0.3 is 0 Å². The van der Waals surface area contributed by atoms with Crippen LogP contribution in [0.15, 0.2) is 5.16 Å². The van der Waals surface area contributed by atoms with Crippen LogP contribution in [0.4, 0.5) is 0 Å². The lowest BCUT2D eigenvalue weighted by atomic mass is 10.3. The zero-order chi connectivity index (χ0) is 7.98. The van der Waals surface area contributed by atoms with Gasteiger partial charge in [-0.2, -0.15) is 0 Å². The fraction of sp³-hybridized carbons (Fsp3) is 0.857. The lowest BCUT2D eigenvalue weighted by molar-refractivity contribution is 0.0145. The molecule has 1 unspecified atom stereocenters. The van der Waals surface area contributed by atoms with Crippen molar-refractivity contribution in [3.63, 3.8) is 0 Å². The number of nitrogens with zero attached hydrogens (tertiary/aromatic N) is 1. The highest BCUT2D eigenvalue weighted by Gasteiger charge is 2.02. The molecule has 0 radical (unpaired) electrons. The summed E-state index contributed by atoms with van der Waals surface area (Å²) in [5, 5.41) is 12.4. The molecule has 0 fully saturated rings. The van der Waals surface area contributed by atoms with Crippen LogP contribution in [0.3, 0.4) is 0 Å². The molecule has 0 aliphatic rings. The van der Waals surface area contributed by atoms with Crippen molar-refractivity contribution in [2.45, 2.75) is 33.3 Å². The summed E-state index contributed by atoms with van der Waals surface area (Å²) in [5.74, 6) is 0. The lowest BCUT2D eigenvalue weighted by Crippen LogP contribution is -2.13. The van der Waals surface area contributed by atoms with E-state index < -0.39 is 0 Å². The predicted octanol–water partition coefficient (Wildman–Crippen LogP) is 1.17. The number of aliphatic hydroxyl groups is 1. The first-order chi connectivity index (χ1) is 4.70. The highest BCUT2D eigenvalue weighted by molar-refractivity contribution is 5.78. The monoisotopic (exact) mass is 145 g/mol. The van der Waals surface area contributed by atoms with Crippen molar-refractivity contribution >= 4 is 5.71 Å². The lowest BCUT2D eigenvalue weighted by Gasteiger charge is -2.08. The Balaban J connectivity index is 3.54. The molecule has 0 saturated carbocycles. The van der Waals surface area contributed by atoms with E-state index in [9.17, 15) is 0 Å². The molecule has 0 heterocycles. The minimum absolute atomic E-state index is 0.0350. The Morgan fingerprint density at radius 3 is 2.50 bits per heavy atom. The molecule has 1 N–H and O–H groups in total. The van der Waals surface area contributed by atoms with Gasteiger partial charge in [0.15, 0.2) is 0 Å². The van der Waals surface area contributed by atoms with Crippen LogP contribution >= 0.6 is 0 Å². The molecule has 0 spiro atoms. The van der Waals surface area contributed by atoms with Crippen LogP contribution < -0.4 is 0 Å². The zero-order valence-electron chi connectivity index (χ0n) is 6.79. The third kappa shape index (κ3) is 4.32. The van der Waals surface area contributed by atoms with E-state index in [1.807, 2.05) is 20.8 Å². The Morgan fingerprint density at radius 2 is 2.20 bits per heavy atom. The van der Waals surface area contributed by atoms with Crippen LogP contribution in [0.5, 0.6) is 0 Å². The second-order valence-electron chi connectivity index (χ2n) is 2.36. The van der Waals surface area contributed by atoms with Crippen LogP contribution in [0.2, 0.25) is 0 Å². The van der Waals surface area contributed by atoms with E-state index in [4.69, 9.17) is 9.94 Å². The van der Waals surface area contributed by atoms with Crippen LogP contribution in [0, 0.1) is 0 Å². The van der Waals surface area contributed by atoms with Gasteiger partial charge in [0.1, 0.15) is 6.10 Å². The fourth-order valence-electron chi connectivity index (χ4n) is 0.417. The molecule has 0 rings (SSSR count). The highest BCUT2D eigenvalue weighted by Crippen LogP contribution is 1.96. The SMILES string of the molecule is CCC(CO)ON=C(C)C. The Morgan fingerprint density at radius 1 is 1.60 bits per heavy atom.